The summed E-state index contributed by atoms with van der Waals surface area (Å²) in [5.41, 5.74) is 3.20. The van der Waals surface area contributed by atoms with E-state index in [0.29, 0.717) is 28.1 Å². The van der Waals surface area contributed by atoms with Crippen molar-refractivity contribution in [2.24, 2.45) is 0 Å². The van der Waals surface area contributed by atoms with Gasteiger partial charge in [-0.3, -0.25) is 4.79 Å². The number of aromatic nitrogens is 3. The number of nitrogens with zero attached hydrogens (tertiary/aromatic N) is 4. The molecule has 1 atom stereocenters. The molecule has 1 aliphatic heterocycles. The maximum atomic E-state index is 13.0. The minimum absolute atomic E-state index is 0.0238. The predicted octanol–water partition coefficient (Wildman–Crippen LogP) is 4.46. The Balaban J connectivity index is 1.38. The van der Waals surface area contributed by atoms with Crippen molar-refractivity contribution in [2.75, 3.05) is 10.7 Å². The van der Waals surface area contributed by atoms with Crippen LogP contribution in [0, 0.1) is 0 Å². The molecule has 0 N–H and O–H groups in total. The van der Waals surface area contributed by atoms with Crippen molar-refractivity contribution in [1.82, 2.24) is 15.2 Å². The third kappa shape index (κ3) is 3.39. The van der Waals surface area contributed by atoms with E-state index >= 15 is 0 Å². The van der Waals surface area contributed by atoms with Crippen molar-refractivity contribution >= 4 is 23.4 Å². The van der Waals surface area contributed by atoms with Gasteiger partial charge in [-0.25, -0.2) is 4.98 Å². The van der Waals surface area contributed by atoms with E-state index in [-0.39, 0.29) is 17.7 Å². The lowest BCUT2D eigenvalue weighted by molar-refractivity contribution is -0.116. The normalized spacial score (nSPS) is 15.4. The van der Waals surface area contributed by atoms with Crippen molar-refractivity contribution in [3.8, 4) is 22.9 Å². The fraction of sp³-hybridized carbons (Fsp3) is 0.182. The van der Waals surface area contributed by atoms with Crippen molar-refractivity contribution in [3.05, 3.63) is 66.6 Å². The molecule has 1 amide bonds. The Morgan fingerprint density at radius 3 is 2.50 bits per heavy atom. The zero-order valence-corrected chi connectivity index (χ0v) is 17.0. The largest absolute Gasteiger partial charge is 0.463 e. The highest BCUT2D eigenvalue weighted by molar-refractivity contribution is 7.99. The standard InChI is InChI=1S/C22H18N4O3S/c1-14-12-15-6-2-3-7-16(15)26(14)19(27)13-30-22-23-20(17-8-4-10-28-17)21(24-25-22)18-9-5-11-29-18/h2-11,14H,12-13H2,1H3. The number of hydrogen-bond donors (Lipinski definition) is 0. The molecule has 1 unspecified atom stereocenters. The van der Waals surface area contributed by atoms with Gasteiger partial charge in [-0.1, -0.05) is 30.0 Å². The summed E-state index contributed by atoms with van der Waals surface area (Å²) in [6.07, 6.45) is 4.01. The van der Waals surface area contributed by atoms with Crippen molar-refractivity contribution in [2.45, 2.75) is 24.5 Å². The fourth-order valence-corrected chi connectivity index (χ4v) is 4.32. The second-order valence-corrected chi connectivity index (χ2v) is 7.92. The third-order valence-electron chi connectivity index (χ3n) is 4.98. The molecule has 0 bridgehead atoms. The molecule has 4 aromatic rings. The molecule has 1 aliphatic rings. The smallest absolute Gasteiger partial charge is 0.237 e. The molecule has 0 aliphatic carbocycles. The van der Waals surface area contributed by atoms with Crippen LogP contribution in [0.1, 0.15) is 12.5 Å². The first-order valence-corrected chi connectivity index (χ1v) is 10.5. The quantitative estimate of drug-likeness (QED) is 0.442. The fourth-order valence-electron chi connectivity index (χ4n) is 3.68. The van der Waals surface area contributed by atoms with Crippen LogP contribution in [0.5, 0.6) is 0 Å². The highest BCUT2D eigenvalue weighted by Crippen LogP contribution is 2.33. The van der Waals surface area contributed by atoms with E-state index < -0.39 is 0 Å². The SMILES string of the molecule is CC1Cc2ccccc2N1C(=O)CSc1nnc(-c2ccco2)c(-c2ccco2)n1. The van der Waals surface area contributed by atoms with Crippen molar-refractivity contribution < 1.29 is 13.6 Å². The van der Waals surface area contributed by atoms with Gasteiger partial charge >= 0.3 is 0 Å². The molecule has 0 fully saturated rings. The maximum Gasteiger partial charge on any atom is 0.237 e. The van der Waals surface area contributed by atoms with Crippen LogP contribution in [0.3, 0.4) is 0 Å². The average molecular weight is 418 g/mol. The van der Waals surface area contributed by atoms with Gasteiger partial charge in [0.05, 0.1) is 18.3 Å². The van der Waals surface area contributed by atoms with Gasteiger partial charge in [0.2, 0.25) is 11.1 Å². The Labute approximate surface area is 177 Å². The van der Waals surface area contributed by atoms with Gasteiger partial charge in [0.25, 0.3) is 0 Å². The van der Waals surface area contributed by atoms with Gasteiger partial charge in [-0.05, 0) is 49.2 Å². The first-order valence-electron chi connectivity index (χ1n) is 9.56. The van der Waals surface area contributed by atoms with Gasteiger partial charge in [0.1, 0.15) is 5.69 Å². The minimum Gasteiger partial charge on any atom is -0.463 e. The summed E-state index contributed by atoms with van der Waals surface area (Å²) in [5.74, 6) is 1.36. The zero-order valence-electron chi connectivity index (χ0n) is 16.2. The summed E-state index contributed by atoms with van der Waals surface area (Å²) < 4.78 is 11.0. The molecule has 8 heteroatoms. The Morgan fingerprint density at radius 2 is 1.77 bits per heavy atom. The molecule has 30 heavy (non-hydrogen) atoms. The van der Waals surface area contributed by atoms with E-state index in [4.69, 9.17) is 8.83 Å². The molecular weight excluding hydrogens is 400 g/mol. The molecule has 0 radical (unpaired) electrons. The van der Waals surface area contributed by atoms with Gasteiger partial charge < -0.3 is 13.7 Å². The molecule has 150 valence electrons. The van der Waals surface area contributed by atoms with Crippen LogP contribution in [0.4, 0.5) is 5.69 Å². The van der Waals surface area contributed by atoms with E-state index in [1.165, 1.54) is 17.3 Å². The van der Waals surface area contributed by atoms with Crippen molar-refractivity contribution in [3.63, 3.8) is 0 Å². The van der Waals surface area contributed by atoms with Gasteiger partial charge in [-0.15, -0.1) is 10.2 Å². The van der Waals surface area contributed by atoms with Crippen LogP contribution >= 0.6 is 11.8 Å². The average Bonchev–Trinajstić information content (AvgIpc) is 3.52. The maximum absolute atomic E-state index is 13.0. The number of anilines is 1. The molecule has 0 saturated carbocycles. The number of amides is 1. The van der Waals surface area contributed by atoms with Crippen molar-refractivity contribution in [1.29, 1.82) is 0 Å². The van der Waals surface area contributed by atoms with Gasteiger partial charge in [-0.2, -0.15) is 0 Å². The van der Waals surface area contributed by atoms with Crippen LogP contribution in [0.15, 0.2) is 75.0 Å². The second-order valence-electron chi connectivity index (χ2n) is 6.98. The predicted molar refractivity (Wildman–Crippen MR) is 113 cm³/mol. The summed E-state index contributed by atoms with van der Waals surface area (Å²) in [4.78, 5) is 19.4. The molecule has 0 spiro atoms. The Hall–Kier alpha value is -3.39. The molecule has 7 nitrogen and oxygen atoms in total. The van der Waals surface area contributed by atoms with Crippen LogP contribution in [-0.2, 0) is 11.2 Å². The first-order chi connectivity index (χ1) is 14.7. The second kappa shape index (κ2) is 7.79. The van der Waals surface area contributed by atoms with Crippen LogP contribution < -0.4 is 4.90 Å². The molecule has 3 aromatic heterocycles. The van der Waals surface area contributed by atoms with E-state index in [9.17, 15) is 4.79 Å². The van der Waals surface area contributed by atoms with Crippen LogP contribution in [0.2, 0.25) is 0 Å². The summed E-state index contributed by atoms with van der Waals surface area (Å²) in [6.45, 7) is 2.06. The molecule has 1 aromatic carbocycles. The van der Waals surface area contributed by atoms with Gasteiger partial charge in [0, 0.05) is 11.7 Å². The number of carbonyl (C=O) groups is 1. The number of para-hydroxylation sites is 1. The van der Waals surface area contributed by atoms with E-state index in [2.05, 4.69) is 28.2 Å². The van der Waals surface area contributed by atoms with Crippen LogP contribution in [-0.4, -0.2) is 32.9 Å². The summed E-state index contributed by atoms with van der Waals surface area (Å²) in [7, 11) is 0. The lowest BCUT2D eigenvalue weighted by Gasteiger charge is -2.22. The molecule has 5 rings (SSSR count). The molecule has 4 heterocycles. The summed E-state index contributed by atoms with van der Waals surface area (Å²) >= 11 is 1.26. The topological polar surface area (TPSA) is 85.3 Å². The van der Waals surface area contributed by atoms with Crippen LogP contribution in [0.25, 0.3) is 22.9 Å². The number of hydrogen-bond acceptors (Lipinski definition) is 7. The lowest BCUT2D eigenvalue weighted by Crippen LogP contribution is -2.37. The van der Waals surface area contributed by atoms with Gasteiger partial charge in [0.15, 0.2) is 17.2 Å². The minimum atomic E-state index is 0.0238. The number of carbonyl (C=O) groups excluding carboxylic acids is 1. The monoisotopic (exact) mass is 418 g/mol. The highest BCUT2D eigenvalue weighted by atomic mass is 32.2. The Morgan fingerprint density at radius 1 is 1.03 bits per heavy atom. The van der Waals surface area contributed by atoms with E-state index in [0.717, 1.165) is 12.1 Å². The Bertz CT molecular complexity index is 1180. The Kier molecular flexibility index (Phi) is 4.84. The number of furan rings is 2. The summed E-state index contributed by atoms with van der Waals surface area (Å²) in [5, 5.41) is 8.90. The number of fused-ring (bicyclic) bond motifs is 1. The first kappa shape index (κ1) is 18.6. The van der Waals surface area contributed by atoms with E-state index in [1.807, 2.05) is 23.1 Å². The number of benzene rings is 1. The zero-order chi connectivity index (χ0) is 20.5. The molecule has 0 saturated heterocycles. The number of thioether (sulfide) groups is 1. The molecular formula is C22H18N4O3S. The summed E-state index contributed by atoms with van der Waals surface area (Å²) in [6, 6.07) is 15.3. The number of rotatable bonds is 5. The lowest BCUT2D eigenvalue weighted by atomic mass is 10.1. The van der Waals surface area contributed by atoms with E-state index in [1.54, 1.807) is 36.8 Å². The third-order valence-corrected chi connectivity index (χ3v) is 5.80. The highest BCUT2D eigenvalue weighted by Gasteiger charge is 2.30.